The molecule has 0 fully saturated rings. The van der Waals surface area contributed by atoms with E-state index in [1.807, 2.05) is 22.7 Å². The summed E-state index contributed by atoms with van der Waals surface area (Å²) in [7, 11) is 0. The van der Waals surface area contributed by atoms with E-state index >= 15 is 0 Å². The molecule has 17 rings (SSSR count). The van der Waals surface area contributed by atoms with Crippen molar-refractivity contribution in [2.24, 2.45) is 0 Å². The molecule has 0 aliphatic rings. The molecular weight excluding hydrogens is 1110 g/mol. The lowest BCUT2D eigenvalue weighted by atomic mass is 9.72. The Labute approximate surface area is 519 Å². The van der Waals surface area contributed by atoms with Gasteiger partial charge in [-0.05, 0) is 178 Å². The number of aromatic nitrogens is 1. The van der Waals surface area contributed by atoms with Crippen molar-refractivity contribution in [2.45, 2.75) is 71.1 Å². The lowest BCUT2D eigenvalue weighted by molar-refractivity contribution is 0.512. The van der Waals surface area contributed by atoms with E-state index in [9.17, 15) is 0 Å². The first kappa shape index (κ1) is 52.8. The average Bonchev–Trinajstić information content (AvgIpc) is 3.19. The topological polar surface area (TPSA) is 31.2 Å². The van der Waals surface area contributed by atoms with Crippen LogP contribution in [0.1, 0.15) is 76.0 Å². The molecule has 0 saturated carbocycles. The SMILES string of the molecule is CCCCCCc1cc(-n2c3ccccc3c3cc(-c4ccc5oc6ccc(-c7cccc(-c8cccc9sc%10ccccc%10c89)c7)cc6c5c4)ccc32)c2oc3ccc(C(C)(CCC)c4cccc(-c5cccc6sc7ccccc7c56)c4)cc3c2c1. The van der Waals surface area contributed by atoms with Crippen molar-refractivity contribution >= 4 is 129 Å². The minimum Gasteiger partial charge on any atom is -0.456 e. The number of hydrogen-bond acceptors (Lipinski definition) is 4. The molecular formula is C83H63NO2S2. The number of thiophene rings is 2. The molecule has 1 atom stereocenters. The van der Waals surface area contributed by atoms with Gasteiger partial charge in [0.1, 0.15) is 16.7 Å². The smallest absolute Gasteiger partial charge is 0.159 e. The van der Waals surface area contributed by atoms with Crippen LogP contribution in [0.15, 0.2) is 251 Å². The molecule has 12 aromatic carbocycles. The normalized spacial score (nSPS) is 12.9. The Morgan fingerprint density at radius 1 is 0.364 bits per heavy atom. The molecule has 5 heterocycles. The quantitative estimate of drug-likeness (QED) is 0.102. The van der Waals surface area contributed by atoms with Crippen LogP contribution in [0.4, 0.5) is 0 Å². The zero-order valence-electron chi connectivity index (χ0n) is 49.6. The Morgan fingerprint density at radius 2 is 0.898 bits per heavy atom. The molecule has 5 heteroatoms. The molecule has 0 aliphatic heterocycles. The van der Waals surface area contributed by atoms with Crippen molar-refractivity contribution in [3.05, 3.63) is 259 Å². The number of para-hydroxylation sites is 1. The van der Waals surface area contributed by atoms with Gasteiger partial charge in [-0.2, -0.15) is 0 Å². The monoisotopic (exact) mass is 1170 g/mol. The Kier molecular flexibility index (Phi) is 12.7. The summed E-state index contributed by atoms with van der Waals surface area (Å²) in [5.74, 6) is 0. The van der Waals surface area contributed by atoms with Crippen LogP contribution >= 0.6 is 22.7 Å². The van der Waals surface area contributed by atoms with Crippen LogP contribution in [0.5, 0.6) is 0 Å². The van der Waals surface area contributed by atoms with Crippen LogP contribution < -0.4 is 0 Å². The van der Waals surface area contributed by atoms with E-state index in [2.05, 4.69) is 268 Å². The van der Waals surface area contributed by atoms with Gasteiger partial charge in [0.25, 0.3) is 0 Å². The highest BCUT2D eigenvalue weighted by molar-refractivity contribution is 7.26. The van der Waals surface area contributed by atoms with Gasteiger partial charge in [-0.1, -0.05) is 192 Å². The highest BCUT2D eigenvalue weighted by Crippen LogP contribution is 2.47. The molecule has 424 valence electrons. The predicted molar refractivity (Wildman–Crippen MR) is 379 cm³/mol. The number of aryl methyl sites for hydroxylation is 1. The van der Waals surface area contributed by atoms with E-state index in [4.69, 9.17) is 8.83 Å². The number of fused-ring (bicyclic) bond motifs is 15. The fraction of sp³-hybridized carbons (Fsp3) is 0.133. The van der Waals surface area contributed by atoms with Crippen LogP contribution in [-0.2, 0) is 11.8 Å². The van der Waals surface area contributed by atoms with Crippen LogP contribution in [0.2, 0.25) is 0 Å². The van der Waals surface area contributed by atoms with E-state index in [1.54, 1.807) is 0 Å². The van der Waals surface area contributed by atoms with Crippen molar-refractivity contribution in [1.29, 1.82) is 0 Å². The molecule has 88 heavy (non-hydrogen) atoms. The highest BCUT2D eigenvalue weighted by Gasteiger charge is 2.30. The largest absolute Gasteiger partial charge is 0.456 e. The van der Waals surface area contributed by atoms with Crippen molar-refractivity contribution in [1.82, 2.24) is 4.57 Å². The van der Waals surface area contributed by atoms with Gasteiger partial charge < -0.3 is 13.4 Å². The van der Waals surface area contributed by atoms with Crippen LogP contribution in [0, 0.1) is 0 Å². The Hall–Kier alpha value is -9.52. The molecule has 0 aliphatic carbocycles. The molecule has 0 spiro atoms. The van der Waals surface area contributed by atoms with Gasteiger partial charge in [0.05, 0.1) is 16.7 Å². The minimum atomic E-state index is -0.250. The summed E-state index contributed by atoms with van der Waals surface area (Å²) in [6, 6.07) is 90.8. The van der Waals surface area contributed by atoms with Gasteiger partial charge in [-0.25, -0.2) is 0 Å². The number of nitrogens with zero attached hydrogens (tertiary/aromatic N) is 1. The molecule has 3 nitrogen and oxygen atoms in total. The lowest BCUT2D eigenvalue weighted by Gasteiger charge is -2.31. The molecule has 0 saturated heterocycles. The molecule has 0 radical (unpaired) electrons. The summed E-state index contributed by atoms with van der Waals surface area (Å²) in [5.41, 5.74) is 20.4. The van der Waals surface area contributed by atoms with E-state index in [-0.39, 0.29) is 5.41 Å². The summed E-state index contributed by atoms with van der Waals surface area (Å²) in [5, 5.41) is 12.3. The first-order valence-corrected chi connectivity index (χ1v) is 33.0. The second-order valence-electron chi connectivity index (χ2n) is 24.5. The van der Waals surface area contributed by atoms with E-state index < -0.39 is 0 Å². The Balaban J connectivity index is 0.762. The standard InChI is InChI=1S/C83H63NO2S2/c1-4-6-7-8-19-51-43-69-68-50-59(83(3,42-5-2)58-23-16-22-57(46-58)61-28-18-33-79-81(61)64-26-11-14-31-77(64)88-79)37-41-75(68)86-82(69)72(44-51)84-70-29-12-9-24-62(70)65-47-53(34-38-71(65)84)55-36-40-74-67(49-55)66-48-54(35-39-73(66)85-74)52-20-15-21-56(45-52)60-27-17-32-78-80(60)63-25-10-13-30-76(63)87-78/h9-18,20-41,43-50H,4-8,19,42H2,1-3H3. The fourth-order valence-electron chi connectivity index (χ4n) is 14.8. The first-order valence-electron chi connectivity index (χ1n) is 31.4. The summed E-state index contributed by atoms with van der Waals surface area (Å²) < 4.78 is 21.5. The summed E-state index contributed by atoms with van der Waals surface area (Å²) >= 11 is 3.75. The van der Waals surface area contributed by atoms with Gasteiger partial charge in [0.2, 0.25) is 0 Å². The second kappa shape index (κ2) is 21.1. The van der Waals surface area contributed by atoms with Gasteiger partial charge in [-0.15, -0.1) is 22.7 Å². The van der Waals surface area contributed by atoms with E-state index in [0.717, 1.165) is 92.2 Å². The van der Waals surface area contributed by atoms with Gasteiger partial charge in [-0.3, -0.25) is 0 Å². The number of unbranched alkanes of at least 4 members (excludes halogenated alkanes) is 3. The zero-order valence-corrected chi connectivity index (χ0v) is 51.3. The van der Waals surface area contributed by atoms with Crippen molar-refractivity contribution in [2.75, 3.05) is 0 Å². The Morgan fingerprint density at radius 3 is 1.59 bits per heavy atom. The molecule has 0 N–H and O–H groups in total. The number of furan rings is 2. The predicted octanol–water partition coefficient (Wildman–Crippen LogP) is 25.2. The summed E-state index contributed by atoms with van der Waals surface area (Å²) in [6.45, 7) is 7.07. The maximum absolute atomic E-state index is 7.20. The minimum absolute atomic E-state index is 0.250. The van der Waals surface area contributed by atoms with Gasteiger partial charge in [0, 0.05) is 78.1 Å². The van der Waals surface area contributed by atoms with Crippen molar-refractivity contribution < 1.29 is 8.83 Å². The van der Waals surface area contributed by atoms with Gasteiger partial charge >= 0.3 is 0 Å². The third kappa shape index (κ3) is 8.57. The summed E-state index contributed by atoms with van der Waals surface area (Å²) in [6.07, 6.45) is 7.87. The molecule has 0 bridgehead atoms. The Bertz CT molecular complexity index is 5620. The van der Waals surface area contributed by atoms with Gasteiger partial charge in [0.15, 0.2) is 5.58 Å². The molecule has 1 unspecified atom stereocenters. The average molecular weight is 1170 g/mol. The number of hydrogen-bond donors (Lipinski definition) is 0. The van der Waals surface area contributed by atoms with Crippen LogP contribution in [-0.4, -0.2) is 4.57 Å². The fourth-order valence-corrected chi connectivity index (χ4v) is 17.0. The first-order chi connectivity index (χ1) is 43.4. The third-order valence-corrected chi connectivity index (χ3v) is 21.4. The van der Waals surface area contributed by atoms with E-state index in [1.165, 1.54) is 126 Å². The van der Waals surface area contributed by atoms with Crippen LogP contribution in [0.25, 0.3) is 156 Å². The third-order valence-electron chi connectivity index (χ3n) is 19.2. The number of benzene rings is 12. The number of rotatable bonds is 14. The maximum Gasteiger partial charge on any atom is 0.159 e. The van der Waals surface area contributed by atoms with Crippen molar-refractivity contribution in [3.63, 3.8) is 0 Å². The van der Waals surface area contributed by atoms with E-state index in [0.29, 0.717) is 0 Å². The van der Waals surface area contributed by atoms with Crippen LogP contribution in [0.3, 0.4) is 0 Å². The van der Waals surface area contributed by atoms with Crippen molar-refractivity contribution in [3.8, 4) is 50.2 Å². The maximum atomic E-state index is 7.20. The molecule has 17 aromatic rings. The molecule has 5 aromatic heterocycles. The second-order valence-corrected chi connectivity index (χ2v) is 26.7. The highest BCUT2D eigenvalue weighted by atomic mass is 32.1. The summed E-state index contributed by atoms with van der Waals surface area (Å²) in [4.78, 5) is 0. The lowest BCUT2D eigenvalue weighted by Crippen LogP contribution is -2.23. The zero-order chi connectivity index (χ0) is 58.6. The molecule has 0 amide bonds.